The van der Waals surface area contributed by atoms with Gasteiger partial charge in [-0.3, -0.25) is 4.79 Å². The summed E-state index contributed by atoms with van der Waals surface area (Å²) in [6.45, 7) is 0. The van der Waals surface area contributed by atoms with E-state index >= 15 is 0 Å². The second-order valence-corrected chi connectivity index (χ2v) is 3.85. The van der Waals surface area contributed by atoms with Gasteiger partial charge in [0.15, 0.2) is 5.75 Å². The third kappa shape index (κ3) is 2.87. The SMILES string of the molecule is O=c1cc(C=CC(O)c2ccccc2)[nH]cc1O. The molecule has 4 nitrogen and oxygen atoms in total. The van der Waals surface area contributed by atoms with Crippen LogP contribution in [0, 0.1) is 0 Å². The minimum Gasteiger partial charge on any atom is -0.503 e. The average molecular weight is 243 g/mol. The number of aliphatic hydroxyl groups is 1. The molecule has 0 spiro atoms. The number of H-pyrrole nitrogens is 1. The van der Waals surface area contributed by atoms with Crippen LogP contribution in [0.4, 0.5) is 0 Å². The molecule has 0 aliphatic rings. The van der Waals surface area contributed by atoms with Gasteiger partial charge in [-0.2, -0.15) is 0 Å². The first-order chi connectivity index (χ1) is 8.66. The number of pyridine rings is 1. The molecule has 4 heteroatoms. The Labute approximate surface area is 104 Å². The average Bonchev–Trinajstić information content (AvgIpc) is 2.41. The van der Waals surface area contributed by atoms with Crippen molar-refractivity contribution in [2.75, 3.05) is 0 Å². The summed E-state index contributed by atoms with van der Waals surface area (Å²) in [6.07, 6.45) is 3.65. The molecule has 1 unspecified atom stereocenters. The third-order valence-corrected chi connectivity index (χ3v) is 2.51. The van der Waals surface area contributed by atoms with Gasteiger partial charge in [0.1, 0.15) is 0 Å². The van der Waals surface area contributed by atoms with Gasteiger partial charge >= 0.3 is 0 Å². The molecule has 1 aromatic carbocycles. The molecule has 2 rings (SSSR count). The third-order valence-electron chi connectivity index (χ3n) is 2.51. The Morgan fingerprint density at radius 3 is 2.61 bits per heavy atom. The molecule has 1 aromatic heterocycles. The number of aliphatic hydroxyl groups excluding tert-OH is 1. The Bertz CT molecular complexity index is 602. The summed E-state index contributed by atoms with van der Waals surface area (Å²) in [6, 6.07) is 10.5. The second kappa shape index (κ2) is 5.33. The molecule has 18 heavy (non-hydrogen) atoms. The number of hydrogen-bond donors (Lipinski definition) is 3. The fourth-order valence-corrected chi connectivity index (χ4v) is 1.53. The van der Waals surface area contributed by atoms with Crippen LogP contribution < -0.4 is 5.43 Å². The van der Waals surface area contributed by atoms with Gasteiger partial charge < -0.3 is 15.2 Å². The standard InChI is InChI=1S/C14H13NO3/c16-12(10-4-2-1-3-5-10)7-6-11-8-13(17)14(18)9-15-11/h1-9,12,16,18H,(H,15,17). The van der Waals surface area contributed by atoms with Crippen LogP contribution in [0.5, 0.6) is 5.75 Å². The van der Waals surface area contributed by atoms with Crippen LogP contribution >= 0.6 is 0 Å². The Morgan fingerprint density at radius 2 is 1.94 bits per heavy atom. The Balaban J connectivity index is 2.16. The summed E-state index contributed by atoms with van der Waals surface area (Å²) >= 11 is 0. The van der Waals surface area contributed by atoms with Gasteiger partial charge in [-0.05, 0) is 17.7 Å². The van der Waals surface area contributed by atoms with E-state index < -0.39 is 11.5 Å². The largest absolute Gasteiger partial charge is 0.503 e. The number of nitrogens with one attached hydrogen (secondary N) is 1. The maximum absolute atomic E-state index is 11.2. The highest BCUT2D eigenvalue weighted by Gasteiger charge is 2.02. The number of rotatable bonds is 3. The van der Waals surface area contributed by atoms with E-state index in [1.54, 1.807) is 12.2 Å². The van der Waals surface area contributed by atoms with E-state index in [0.717, 1.165) is 5.56 Å². The van der Waals surface area contributed by atoms with Crippen molar-refractivity contribution in [3.63, 3.8) is 0 Å². The van der Waals surface area contributed by atoms with Gasteiger partial charge in [-0.15, -0.1) is 0 Å². The minimum atomic E-state index is -0.733. The van der Waals surface area contributed by atoms with Crippen molar-refractivity contribution in [2.24, 2.45) is 0 Å². The van der Waals surface area contributed by atoms with E-state index in [-0.39, 0.29) is 5.75 Å². The van der Waals surface area contributed by atoms with Crippen LogP contribution in [0.25, 0.3) is 6.08 Å². The predicted molar refractivity (Wildman–Crippen MR) is 69.2 cm³/mol. The highest BCUT2D eigenvalue weighted by molar-refractivity contribution is 5.46. The lowest BCUT2D eigenvalue weighted by Gasteiger charge is -2.04. The molecule has 0 amide bonds. The predicted octanol–water partition coefficient (Wildman–Crippen LogP) is 1.83. The lowest BCUT2D eigenvalue weighted by atomic mass is 10.1. The normalized spacial score (nSPS) is 12.7. The Hall–Kier alpha value is -2.33. The van der Waals surface area contributed by atoms with Crippen LogP contribution in [0.1, 0.15) is 17.4 Å². The number of aromatic hydroxyl groups is 1. The van der Waals surface area contributed by atoms with Gasteiger partial charge in [-0.25, -0.2) is 0 Å². The molecule has 0 bridgehead atoms. The summed E-state index contributed by atoms with van der Waals surface area (Å²) in [4.78, 5) is 13.9. The van der Waals surface area contributed by atoms with Gasteiger partial charge in [0, 0.05) is 18.0 Å². The van der Waals surface area contributed by atoms with Crippen molar-refractivity contribution in [1.29, 1.82) is 0 Å². The highest BCUT2D eigenvalue weighted by Crippen LogP contribution is 2.14. The van der Waals surface area contributed by atoms with Crippen LogP contribution in [-0.2, 0) is 0 Å². The highest BCUT2D eigenvalue weighted by atomic mass is 16.3. The summed E-state index contributed by atoms with van der Waals surface area (Å²) in [5.41, 5.74) is 0.838. The smallest absolute Gasteiger partial charge is 0.223 e. The molecule has 0 aliphatic carbocycles. The minimum absolute atomic E-state index is 0.323. The van der Waals surface area contributed by atoms with Crippen molar-refractivity contribution >= 4 is 6.08 Å². The maximum Gasteiger partial charge on any atom is 0.223 e. The molecule has 92 valence electrons. The molecule has 0 saturated carbocycles. The molecule has 0 radical (unpaired) electrons. The number of aromatic amines is 1. The molecule has 2 aromatic rings. The van der Waals surface area contributed by atoms with Crippen molar-refractivity contribution in [3.05, 3.63) is 70.2 Å². The number of benzene rings is 1. The molecule has 0 aliphatic heterocycles. The lowest BCUT2D eigenvalue weighted by molar-refractivity contribution is 0.229. The van der Waals surface area contributed by atoms with E-state index in [1.165, 1.54) is 12.3 Å². The first kappa shape index (κ1) is 12.1. The van der Waals surface area contributed by atoms with E-state index in [2.05, 4.69) is 4.98 Å². The molecular weight excluding hydrogens is 230 g/mol. The zero-order chi connectivity index (χ0) is 13.0. The first-order valence-corrected chi connectivity index (χ1v) is 5.50. The van der Waals surface area contributed by atoms with E-state index in [1.807, 2.05) is 30.3 Å². The fourth-order valence-electron chi connectivity index (χ4n) is 1.53. The van der Waals surface area contributed by atoms with Crippen LogP contribution in [0.3, 0.4) is 0 Å². The number of aromatic nitrogens is 1. The molecule has 0 fully saturated rings. The molecule has 0 saturated heterocycles. The van der Waals surface area contributed by atoms with Crippen LogP contribution in [0.2, 0.25) is 0 Å². The summed E-state index contributed by atoms with van der Waals surface area (Å²) in [7, 11) is 0. The van der Waals surface area contributed by atoms with E-state index in [9.17, 15) is 9.90 Å². The van der Waals surface area contributed by atoms with Crippen molar-refractivity contribution in [3.8, 4) is 5.75 Å². The summed E-state index contributed by atoms with van der Waals surface area (Å²) in [5, 5.41) is 19.0. The fraction of sp³-hybridized carbons (Fsp3) is 0.0714. The van der Waals surface area contributed by atoms with Crippen molar-refractivity contribution in [1.82, 2.24) is 4.98 Å². The van der Waals surface area contributed by atoms with Gasteiger partial charge in [-0.1, -0.05) is 30.3 Å². The lowest BCUT2D eigenvalue weighted by Crippen LogP contribution is -2.00. The Morgan fingerprint density at radius 1 is 1.22 bits per heavy atom. The zero-order valence-corrected chi connectivity index (χ0v) is 9.58. The van der Waals surface area contributed by atoms with Gasteiger partial charge in [0.25, 0.3) is 0 Å². The van der Waals surface area contributed by atoms with Crippen LogP contribution in [-0.4, -0.2) is 15.2 Å². The monoisotopic (exact) mass is 243 g/mol. The number of hydrogen-bond acceptors (Lipinski definition) is 3. The van der Waals surface area contributed by atoms with E-state index in [0.29, 0.717) is 5.69 Å². The zero-order valence-electron chi connectivity index (χ0n) is 9.58. The first-order valence-electron chi connectivity index (χ1n) is 5.50. The van der Waals surface area contributed by atoms with Gasteiger partial charge in [0.2, 0.25) is 5.43 Å². The van der Waals surface area contributed by atoms with Crippen LogP contribution in [0.15, 0.2) is 53.5 Å². The van der Waals surface area contributed by atoms with Crippen molar-refractivity contribution < 1.29 is 10.2 Å². The molecule has 1 atom stereocenters. The van der Waals surface area contributed by atoms with E-state index in [4.69, 9.17) is 5.11 Å². The summed E-state index contributed by atoms with van der Waals surface area (Å²) in [5.74, 6) is -0.323. The molecule has 1 heterocycles. The molecular formula is C14H13NO3. The Kier molecular flexibility index (Phi) is 3.60. The van der Waals surface area contributed by atoms with Gasteiger partial charge in [0.05, 0.1) is 6.10 Å². The molecule has 3 N–H and O–H groups in total. The van der Waals surface area contributed by atoms with Crippen molar-refractivity contribution in [2.45, 2.75) is 6.10 Å². The summed E-state index contributed by atoms with van der Waals surface area (Å²) < 4.78 is 0. The topological polar surface area (TPSA) is 73.3 Å². The second-order valence-electron chi connectivity index (χ2n) is 3.85. The maximum atomic E-state index is 11.2. The quantitative estimate of drug-likeness (QED) is 0.770.